The number of alkyl halides is 1. The number of aromatic amines is 1. The van der Waals surface area contributed by atoms with E-state index >= 15 is 8.78 Å². The van der Waals surface area contributed by atoms with Crippen molar-refractivity contribution in [1.29, 1.82) is 0 Å². The fraction of sp³-hybridized carbons (Fsp3) is 0.600. The van der Waals surface area contributed by atoms with Gasteiger partial charge < -0.3 is 24.6 Å². The number of fused-ring (bicyclic) bond motifs is 1. The van der Waals surface area contributed by atoms with Crippen LogP contribution in [0.2, 0.25) is 0 Å². The highest BCUT2D eigenvalue weighted by Gasteiger charge is 2.58. The van der Waals surface area contributed by atoms with Gasteiger partial charge in [-0.1, -0.05) is 53.8 Å². The van der Waals surface area contributed by atoms with Crippen molar-refractivity contribution in [2.75, 3.05) is 6.56 Å². The van der Waals surface area contributed by atoms with Gasteiger partial charge >= 0.3 is 13.5 Å². The van der Waals surface area contributed by atoms with E-state index in [2.05, 4.69) is 4.98 Å². The smallest absolute Gasteiger partial charge is 0.403 e. The van der Waals surface area contributed by atoms with E-state index < -0.39 is 74.2 Å². The number of aliphatic hydroxyl groups excluding tert-OH is 3. The van der Waals surface area contributed by atoms with Crippen LogP contribution in [0.1, 0.15) is 74.1 Å². The average molecular weight is 610 g/mol. The van der Waals surface area contributed by atoms with E-state index in [-0.39, 0.29) is 26.1 Å². The lowest BCUT2D eigenvalue weighted by atomic mass is 9.78. The summed E-state index contributed by atoms with van der Waals surface area (Å²) in [6.07, 6.45) is -8.04. The summed E-state index contributed by atoms with van der Waals surface area (Å²) < 4.78 is 90.9. The van der Waals surface area contributed by atoms with Gasteiger partial charge in [-0.15, -0.1) is 0 Å². The second-order valence-electron chi connectivity index (χ2n) is 11.5. The summed E-state index contributed by atoms with van der Waals surface area (Å²) in [5, 5.41) is 30.7. The normalized spacial score (nSPS) is 32.1. The van der Waals surface area contributed by atoms with Gasteiger partial charge in [-0.25, -0.2) is 18.1 Å². The van der Waals surface area contributed by atoms with Crippen LogP contribution in [-0.4, -0.2) is 49.5 Å². The van der Waals surface area contributed by atoms with Crippen LogP contribution in [0.25, 0.3) is 0 Å². The number of aromatic nitrogens is 2. The second-order valence-corrected chi connectivity index (χ2v) is 13.4. The first-order valence-electron chi connectivity index (χ1n) is 13.6. The molecule has 0 saturated carbocycles. The highest BCUT2D eigenvalue weighted by molar-refractivity contribution is 7.71. The number of benzene rings is 1. The monoisotopic (exact) mass is 609 g/mol. The van der Waals surface area contributed by atoms with E-state index in [0.29, 0.717) is 11.1 Å². The molecule has 1 fully saturated rings. The molecule has 0 radical (unpaired) electrons. The molecule has 2 aromatic rings. The zero-order chi connectivity index (χ0) is 32.7. The first-order chi connectivity index (χ1) is 19.4. The van der Waals surface area contributed by atoms with Gasteiger partial charge in [0.1, 0.15) is 35.0 Å². The van der Waals surface area contributed by atoms with Gasteiger partial charge in [0.05, 0.1) is 22.9 Å². The molecule has 4 N–H and O–H groups in total. The number of rotatable bonds is 5. The summed E-state index contributed by atoms with van der Waals surface area (Å²) in [6, 6.07) is 1.52. The average Bonchev–Trinajstić information content (AvgIpc) is 3.03. The summed E-state index contributed by atoms with van der Waals surface area (Å²) in [5.74, 6) is -5.14. The Bertz CT molecular complexity index is 1630. The molecule has 0 amide bonds. The number of aliphatic hydroxyl groups is 3. The Morgan fingerprint density at radius 1 is 1.30 bits per heavy atom. The summed E-state index contributed by atoms with van der Waals surface area (Å²) in [5.41, 5.74) is -2.20. The molecule has 5 atom stereocenters. The Kier molecular flexibility index (Phi) is 6.95. The summed E-state index contributed by atoms with van der Waals surface area (Å²) in [4.78, 5) is 14.6. The molecule has 0 aliphatic carbocycles. The van der Waals surface area contributed by atoms with Crippen LogP contribution < -0.4 is 10.2 Å². The number of hydrogen-bond donors (Lipinski definition) is 4. The van der Waals surface area contributed by atoms with Crippen molar-refractivity contribution in [3.05, 3.63) is 55.5 Å². The minimum Gasteiger partial charge on any atom is -0.403 e. The van der Waals surface area contributed by atoms with Crippen LogP contribution >= 0.6 is 20.0 Å². The molecule has 222 valence electrons. The van der Waals surface area contributed by atoms with Crippen LogP contribution in [0.4, 0.5) is 8.78 Å². The lowest BCUT2D eigenvalue weighted by Crippen LogP contribution is -2.43. The number of phosphoric ester groups is 1. The number of hydrogen-bond acceptors (Lipinski definition) is 10. The van der Waals surface area contributed by atoms with Gasteiger partial charge in [0.2, 0.25) is 0 Å². The molecule has 4 rings (SSSR count). The fourth-order valence-electron chi connectivity index (χ4n) is 4.15. The van der Waals surface area contributed by atoms with Crippen molar-refractivity contribution in [2.45, 2.75) is 89.9 Å². The zero-order valence-corrected chi connectivity index (χ0v) is 24.3. The minimum atomic E-state index is -5.16. The maximum Gasteiger partial charge on any atom is 0.530 e. The highest BCUT2D eigenvalue weighted by atomic mass is 32.1. The van der Waals surface area contributed by atoms with Crippen molar-refractivity contribution in [3.63, 3.8) is 0 Å². The quantitative estimate of drug-likeness (QED) is 0.291. The molecule has 40 heavy (non-hydrogen) atoms. The molecule has 2 aliphatic heterocycles. The third kappa shape index (κ3) is 5.56. The van der Waals surface area contributed by atoms with Gasteiger partial charge in [0, 0.05) is 17.3 Å². The predicted octanol–water partition coefficient (Wildman–Crippen LogP) is 3.78. The summed E-state index contributed by atoms with van der Waals surface area (Å²) in [7, 11) is -5.16. The van der Waals surface area contributed by atoms with Crippen LogP contribution in [0, 0.1) is 10.5 Å². The number of H-pyrrole nitrogens is 1. The number of ether oxygens (including phenoxy) is 1. The molecule has 15 heteroatoms. The predicted molar refractivity (Wildman–Crippen MR) is 141 cm³/mol. The molecule has 11 nitrogen and oxygen atoms in total. The maximum absolute atomic E-state index is 16.3. The van der Waals surface area contributed by atoms with E-state index in [1.807, 2.05) is 0 Å². The van der Waals surface area contributed by atoms with E-state index in [0.717, 1.165) is 6.20 Å². The minimum absolute atomic E-state index is 0.124. The molecule has 0 spiro atoms. The number of nitrogens with zero attached hydrogens (tertiary/aromatic N) is 1. The van der Waals surface area contributed by atoms with Crippen molar-refractivity contribution >= 4 is 20.0 Å². The second kappa shape index (κ2) is 10.4. The Morgan fingerprint density at radius 2 is 1.93 bits per heavy atom. The molecule has 2 aliphatic rings. The third-order valence-corrected chi connectivity index (χ3v) is 7.93. The molecule has 1 saturated heterocycles. The Morgan fingerprint density at radius 3 is 2.50 bits per heavy atom. The number of phosphoric acid groups is 1. The first kappa shape index (κ1) is 26.8. The van der Waals surface area contributed by atoms with Crippen molar-refractivity contribution in [1.82, 2.24) is 9.55 Å². The van der Waals surface area contributed by atoms with E-state index in [1.165, 1.54) is 6.07 Å². The lowest BCUT2D eigenvalue weighted by molar-refractivity contribution is -0.205. The molecular formula is C25H33F2N2O9PS. The maximum atomic E-state index is 16.3. The van der Waals surface area contributed by atoms with Crippen molar-refractivity contribution in [2.24, 2.45) is 0 Å². The SMILES string of the molecule is [2H]C([2H])(OP1(=O)OCc2c(F)c(C(C)(C)C)cc(C(C)(C)C)c2O1)[C@@]1(F)O[C@@]([2H])(n2cc(CO)c(=S)[nH]c2=O)[C@H](O)[C@@H]1O. The lowest BCUT2D eigenvalue weighted by Gasteiger charge is -2.34. The number of nitrogens with one attached hydrogen (secondary N) is 1. The van der Waals surface area contributed by atoms with Crippen LogP contribution in [0.15, 0.2) is 17.1 Å². The first-order valence-corrected chi connectivity index (χ1v) is 14.0. The Labute approximate surface area is 238 Å². The van der Waals surface area contributed by atoms with E-state index in [4.69, 9.17) is 34.6 Å². The van der Waals surface area contributed by atoms with Gasteiger partial charge in [0.15, 0.2) is 6.20 Å². The van der Waals surface area contributed by atoms with Crippen LogP contribution in [-0.2, 0) is 42.4 Å². The van der Waals surface area contributed by atoms with Gasteiger partial charge in [0.25, 0.3) is 5.85 Å². The standard InChI is InChI=1S/C25H33F2N2O9PS/c1-23(2,3)14-7-15(24(4,5)6)18-13(16(14)26)10-35-39(34,38-18)36-11-25(27)19(32)17(31)21(37-25)29-8-12(9-30)20(40)28-22(29)33/h7-8,17,19,21,30-32H,9-11H2,1-6H3,(H,28,33,40)/t17-,19+,21-,25-,39?/m1/s1/i11D2,21D. The molecule has 1 aromatic heterocycles. The molecule has 1 aromatic carbocycles. The largest absolute Gasteiger partial charge is 0.530 e. The zero-order valence-electron chi connectivity index (χ0n) is 25.6. The Balaban J connectivity index is 1.74. The van der Waals surface area contributed by atoms with Crippen molar-refractivity contribution in [3.8, 4) is 5.75 Å². The summed E-state index contributed by atoms with van der Waals surface area (Å²) in [6.45, 7) is 5.21. The van der Waals surface area contributed by atoms with E-state index in [9.17, 15) is 24.7 Å². The number of halogens is 2. The van der Waals surface area contributed by atoms with Gasteiger partial charge in [-0.3, -0.25) is 18.6 Å². The van der Waals surface area contributed by atoms with Crippen LogP contribution in [0.3, 0.4) is 0 Å². The molecule has 3 heterocycles. The fourth-order valence-corrected chi connectivity index (χ4v) is 5.45. The van der Waals surface area contributed by atoms with Gasteiger partial charge in [-0.05, 0) is 22.5 Å². The molecule has 1 unspecified atom stereocenters. The van der Waals surface area contributed by atoms with Crippen molar-refractivity contribution < 1.29 is 51.1 Å². The summed E-state index contributed by atoms with van der Waals surface area (Å²) >= 11 is 4.88. The topological polar surface area (TPSA) is 152 Å². The Hall–Kier alpha value is -2.03. The van der Waals surface area contributed by atoms with Gasteiger partial charge in [-0.2, -0.15) is 0 Å². The highest BCUT2D eigenvalue weighted by Crippen LogP contribution is 2.58. The molecule has 0 bridgehead atoms. The van der Waals surface area contributed by atoms with Crippen LogP contribution in [0.5, 0.6) is 5.75 Å². The third-order valence-electron chi connectivity index (χ3n) is 6.40. The van der Waals surface area contributed by atoms with E-state index in [1.54, 1.807) is 41.5 Å². The molecular weight excluding hydrogens is 573 g/mol.